The minimum atomic E-state index is -0.800. The van der Waals surface area contributed by atoms with Crippen molar-refractivity contribution in [2.24, 2.45) is 0 Å². The van der Waals surface area contributed by atoms with Crippen molar-refractivity contribution in [1.29, 1.82) is 0 Å². The zero-order valence-electron chi connectivity index (χ0n) is 19.5. The Morgan fingerprint density at radius 2 is 1.91 bits per heavy atom. The van der Waals surface area contributed by atoms with E-state index in [1.807, 2.05) is 56.3 Å². The number of thiazole rings is 1. The van der Waals surface area contributed by atoms with Gasteiger partial charge in [0.1, 0.15) is 16.3 Å². The predicted molar refractivity (Wildman–Crippen MR) is 132 cm³/mol. The van der Waals surface area contributed by atoms with Crippen LogP contribution in [0.4, 0.5) is 14.9 Å². The zero-order chi connectivity index (χ0) is 24.3. The van der Waals surface area contributed by atoms with Gasteiger partial charge in [-0.1, -0.05) is 53.8 Å². The predicted octanol–water partition coefficient (Wildman–Crippen LogP) is 5.50. The average Bonchev–Trinajstić information content (AvgIpc) is 3.33. The summed E-state index contributed by atoms with van der Waals surface area (Å²) in [6.45, 7) is 7.67. The summed E-state index contributed by atoms with van der Waals surface area (Å²) in [5.41, 5.74) is 2.08. The van der Waals surface area contributed by atoms with E-state index in [1.54, 1.807) is 19.9 Å². The van der Waals surface area contributed by atoms with Gasteiger partial charge in [-0.15, -0.1) is 0 Å². The number of ether oxygens (including phenoxy) is 3. The van der Waals surface area contributed by atoms with Crippen LogP contribution in [0.15, 0.2) is 48.5 Å². The van der Waals surface area contributed by atoms with E-state index in [0.717, 1.165) is 28.9 Å². The molecular weight excluding hydrogens is 454 g/mol. The molecule has 34 heavy (non-hydrogen) atoms. The number of para-hydroxylation sites is 1. The molecular formula is C25H27N3O5S. The summed E-state index contributed by atoms with van der Waals surface area (Å²) < 4.78 is 17.0. The Balaban J connectivity index is 1.53. The normalized spacial score (nSPS) is 14.5. The first-order chi connectivity index (χ1) is 16.3. The maximum Gasteiger partial charge on any atom is 0.413 e. The van der Waals surface area contributed by atoms with Crippen LogP contribution in [0.2, 0.25) is 0 Å². The number of anilines is 2. The molecule has 0 aliphatic carbocycles. The van der Waals surface area contributed by atoms with Gasteiger partial charge in [0.05, 0.1) is 6.61 Å². The molecule has 0 saturated carbocycles. The molecule has 8 nitrogen and oxygen atoms in total. The van der Waals surface area contributed by atoms with Gasteiger partial charge in [0, 0.05) is 17.5 Å². The molecule has 2 N–H and O–H groups in total. The molecule has 0 radical (unpaired) electrons. The molecule has 9 heteroatoms. The Morgan fingerprint density at radius 3 is 2.65 bits per heavy atom. The lowest BCUT2D eigenvalue weighted by Gasteiger charge is -2.20. The second kappa shape index (κ2) is 9.72. The number of hydrogen-bond donors (Lipinski definition) is 2. The summed E-state index contributed by atoms with van der Waals surface area (Å²) in [4.78, 5) is 29.4. The number of amides is 2. The fourth-order valence-corrected chi connectivity index (χ4v) is 4.52. The first-order valence-electron chi connectivity index (χ1n) is 11.0. The van der Waals surface area contributed by atoms with Crippen LogP contribution >= 0.6 is 11.3 Å². The van der Waals surface area contributed by atoms with E-state index in [1.165, 1.54) is 0 Å². The van der Waals surface area contributed by atoms with Crippen LogP contribution in [0.1, 0.15) is 33.3 Å². The second-order valence-corrected chi connectivity index (χ2v) is 9.44. The van der Waals surface area contributed by atoms with E-state index >= 15 is 0 Å². The van der Waals surface area contributed by atoms with Crippen molar-refractivity contribution in [3.05, 3.63) is 54.1 Å². The molecule has 2 aromatic carbocycles. The van der Waals surface area contributed by atoms with Gasteiger partial charge in [0.15, 0.2) is 22.7 Å². The van der Waals surface area contributed by atoms with E-state index in [-0.39, 0.29) is 18.1 Å². The van der Waals surface area contributed by atoms with Gasteiger partial charge in [0.25, 0.3) is 5.91 Å². The Hall–Kier alpha value is -3.59. The highest BCUT2D eigenvalue weighted by molar-refractivity contribution is 7.20. The van der Waals surface area contributed by atoms with Gasteiger partial charge in [-0.3, -0.25) is 10.1 Å². The Labute approximate surface area is 202 Å². The number of benzene rings is 2. The Bertz CT molecular complexity index is 1190. The molecule has 1 aromatic heterocycles. The number of fused-ring (bicyclic) bond motifs is 1. The van der Waals surface area contributed by atoms with Gasteiger partial charge < -0.3 is 19.5 Å². The minimum absolute atomic E-state index is 0.241. The van der Waals surface area contributed by atoms with Crippen LogP contribution < -0.4 is 20.1 Å². The topological polar surface area (TPSA) is 98.8 Å². The SMILES string of the molecule is CCOC(=O)Nc1nc(-c2ccccc2)c(NC(=O)C(C)Oc2cccc3c2OC(C)(C)C3)s1. The van der Waals surface area contributed by atoms with Gasteiger partial charge in [0.2, 0.25) is 0 Å². The molecule has 4 rings (SSSR count). The molecule has 0 bridgehead atoms. The summed E-state index contributed by atoms with van der Waals surface area (Å²) in [5.74, 6) is 0.859. The van der Waals surface area contributed by atoms with Crippen LogP contribution in [0, 0.1) is 0 Å². The molecule has 0 fully saturated rings. The lowest BCUT2D eigenvalue weighted by atomic mass is 10.0. The van der Waals surface area contributed by atoms with Crippen molar-refractivity contribution in [2.45, 2.75) is 45.8 Å². The first kappa shape index (κ1) is 23.6. The maximum absolute atomic E-state index is 13.1. The summed E-state index contributed by atoms with van der Waals surface area (Å²) >= 11 is 1.15. The van der Waals surface area contributed by atoms with Crippen LogP contribution in [0.25, 0.3) is 11.3 Å². The average molecular weight is 482 g/mol. The number of hydrogen-bond acceptors (Lipinski definition) is 7. The van der Waals surface area contributed by atoms with Crippen LogP contribution in [0.5, 0.6) is 11.5 Å². The molecule has 178 valence electrons. The van der Waals surface area contributed by atoms with Crippen molar-refractivity contribution < 1.29 is 23.8 Å². The highest BCUT2D eigenvalue weighted by Gasteiger charge is 2.33. The van der Waals surface area contributed by atoms with E-state index in [2.05, 4.69) is 15.6 Å². The fraction of sp³-hybridized carbons (Fsp3) is 0.320. The van der Waals surface area contributed by atoms with Crippen molar-refractivity contribution in [1.82, 2.24) is 4.98 Å². The lowest BCUT2D eigenvalue weighted by Crippen LogP contribution is -2.30. The molecule has 2 heterocycles. The van der Waals surface area contributed by atoms with Gasteiger partial charge in [-0.2, -0.15) is 0 Å². The molecule has 1 atom stereocenters. The van der Waals surface area contributed by atoms with Gasteiger partial charge >= 0.3 is 6.09 Å². The standard InChI is InChI=1S/C25H27N3O5S/c1-5-31-24(30)28-23-26-19(16-10-7-6-8-11-16)22(34-23)27-21(29)15(2)32-18-13-9-12-17-14-25(3,4)33-20(17)18/h6-13,15H,5,14H2,1-4H3,(H,27,29)(H,26,28,30). The highest BCUT2D eigenvalue weighted by Crippen LogP contribution is 2.42. The summed E-state index contributed by atoms with van der Waals surface area (Å²) in [5, 5.41) is 6.31. The Morgan fingerprint density at radius 1 is 1.15 bits per heavy atom. The molecule has 1 unspecified atom stereocenters. The van der Waals surface area contributed by atoms with Crippen molar-refractivity contribution in [3.63, 3.8) is 0 Å². The van der Waals surface area contributed by atoms with E-state index in [0.29, 0.717) is 27.3 Å². The number of aromatic nitrogens is 1. The van der Waals surface area contributed by atoms with Crippen molar-refractivity contribution >= 4 is 33.5 Å². The first-order valence-corrected chi connectivity index (χ1v) is 11.9. The van der Waals surface area contributed by atoms with Crippen LogP contribution in [0.3, 0.4) is 0 Å². The van der Waals surface area contributed by atoms with Gasteiger partial charge in [-0.05, 0) is 33.8 Å². The number of carbonyl (C=O) groups excluding carboxylic acids is 2. The van der Waals surface area contributed by atoms with Crippen molar-refractivity contribution in [2.75, 3.05) is 17.2 Å². The molecule has 3 aromatic rings. The number of rotatable bonds is 7. The molecule has 1 aliphatic rings. The fourth-order valence-electron chi connectivity index (χ4n) is 3.64. The summed E-state index contributed by atoms with van der Waals surface area (Å²) in [6.07, 6.45) is -0.630. The molecule has 1 aliphatic heterocycles. The maximum atomic E-state index is 13.1. The summed E-state index contributed by atoms with van der Waals surface area (Å²) in [6, 6.07) is 15.1. The summed E-state index contributed by atoms with van der Waals surface area (Å²) in [7, 11) is 0. The number of carbonyl (C=O) groups is 2. The molecule has 0 spiro atoms. The van der Waals surface area contributed by atoms with Gasteiger partial charge in [-0.25, -0.2) is 9.78 Å². The third-order valence-electron chi connectivity index (χ3n) is 5.12. The number of nitrogens with zero attached hydrogens (tertiary/aromatic N) is 1. The smallest absolute Gasteiger partial charge is 0.413 e. The van der Waals surface area contributed by atoms with Crippen LogP contribution in [-0.2, 0) is 16.0 Å². The number of nitrogens with one attached hydrogen (secondary N) is 2. The molecule has 0 saturated heterocycles. The minimum Gasteiger partial charge on any atom is -0.483 e. The zero-order valence-corrected chi connectivity index (χ0v) is 20.3. The van der Waals surface area contributed by atoms with E-state index in [4.69, 9.17) is 14.2 Å². The third-order valence-corrected chi connectivity index (χ3v) is 6.01. The molecule has 2 amide bonds. The van der Waals surface area contributed by atoms with Crippen LogP contribution in [-0.4, -0.2) is 35.3 Å². The quantitative estimate of drug-likeness (QED) is 0.462. The van der Waals surface area contributed by atoms with Crippen molar-refractivity contribution in [3.8, 4) is 22.8 Å². The lowest BCUT2D eigenvalue weighted by molar-refractivity contribution is -0.122. The monoisotopic (exact) mass is 481 g/mol. The highest BCUT2D eigenvalue weighted by atomic mass is 32.1. The van der Waals surface area contributed by atoms with E-state index in [9.17, 15) is 9.59 Å². The third kappa shape index (κ3) is 5.31. The second-order valence-electron chi connectivity index (χ2n) is 8.44. The van der Waals surface area contributed by atoms with E-state index < -0.39 is 12.2 Å². The largest absolute Gasteiger partial charge is 0.483 e. The Kier molecular flexibility index (Phi) is 6.74.